The van der Waals surface area contributed by atoms with Crippen molar-refractivity contribution in [2.75, 3.05) is 13.1 Å². The van der Waals surface area contributed by atoms with Crippen molar-refractivity contribution < 1.29 is 8.91 Å². The smallest absolute Gasteiger partial charge is 0.244 e. The summed E-state index contributed by atoms with van der Waals surface area (Å²) in [5, 5.41) is 4.02. The van der Waals surface area contributed by atoms with Gasteiger partial charge in [-0.2, -0.15) is 4.98 Å². The number of aryl methyl sites for hydroxylation is 1. The van der Waals surface area contributed by atoms with Crippen molar-refractivity contribution in [3.05, 3.63) is 35.5 Å². The predicted octanol–water partition coefficient (Wildman–Crippen LogP) is 3.73. The maximum atomic E-state index is 13.7. The Morgan fingerprint density at radius 3 is 2.76 bits per heavy atom. The average molecular weight is 369 g/mol. The molecule has 5 nitrogen and oxygen atoms in total. The first-order valence-electron chi connectivity index (χ1n) is 8.38. The van der Waals surface area contributed by atoms with Crippen LogP contribution in [-0.4, -0.2) is 34.2 Å². The topological polar surface area (TPSA) is 68.2 Å². The van der Waals surface area contributed by atoms with E-state index in [1.807, 2.05) is 0 Å². The van der Waals surface area contributed by atoms with E-state index in [0.29, 0.717) is 22.8 Å². The van der Waals surface area contributed by atoms with Crippen molar-refractivity contribution in [2.24, 2.45) is 11.1 Å². The normalized spacial score (nSPS) is 21.6. The zero-order valence-electron chi connectivity index (χ0n) is 15.1. The van der Waals surface area contributed by atoms with Gasteiger partial charge in [0.1, 0.15) is 5.82 Å². The molecule has 138 valence electrons. The molecule has 2 unspecified atom stereocenters. The van der Waals surface area contributed by atoms with Gasteiger partial charge in [0.05, 0.1) is 6.04 Å². The van der Waals surface area contributed by atoms with Crippen LogP contribution in [-0.2, 0) is 0 Å². The highest BCUT2D eigenvalue weighted by Crippen LogP contribution is 2.33. The zero-order valence-corrected chi connectivity index (χ0v) is 15.9. The fourth-order valence-electron chi connectivity index (χ4n) is 3.16. The highest BCUT2D eigenvalue weighted by Gasteiger charge is 2.36. The maximum Gasteiger partial charge on any atom is 0.244 e. The van der Waals surface area contributed by atoms with Crippen LogP contribution in [0.4, 0.5) is 4.39 Å². The molecular formula is C18H26ClFN4O. The van der Waals surface area contributed by atoms with E-state index in [2.05, 4.69) is 35.8 Å². The molecule has 0 aliphatic carbocycles. The number of benzene rings is 1. The summed E-state index contributed by atoms with van der Waals surface area (Å²) in [5.41, 5.74) is 7.48. The van der Waals surface area contributed by atoms with E-state index in [4.69, 9.17) is 10.3 Å². The molecule has 0 bridgehead atoms. The van der Waals surface area contributed by atoms with Crippen LogP contribution in [0.2, 0.25) is 0 Å². The lowest BCUT2D eigenvalue weighted by Gasteiger charge is -2.44. The van der Waals surface area contributed by atoms with Crippen LogP contribution in [0.25, 0.3) is 11.4 Å². The molecule has 1 aliphatic rings. The molecule has 0 radical (unpaired) electrons. The van der Waals surface area contributed by atoms with Crippen molar-refractivity contribution in [1.82, 2.24) is 15.0 Å². The van der Waals surface area contributed by atoms with Gasteiger partial charge in [0.15, 0.2) is 0 Å². The fourth-order valence-corrected chi connectivity index (χ4v) is 3.16. The van der Waals surface area contributed by atoms with Crippen LogP contribution in [0.1, 0.15) is 44.7 Å². The van der Waals surface area contributed by atoms with E-state index in [0.717, 1.165) is 19.5 Å². The molecule has 1 aromatic carbocycles. The Balaban J connectivity index is 0.00000225. The Labute approximate surface area is 154 Å². The van der Waals surface area contributed by atoms with Crippen LogP contribution < -0.4 is 5.73 Å². The summed E-state index contributed by atoms with van der Waals surface area (Å²) in [7, 11) is 0. The van der Waals surface area contributed by atoms with E-state index < -0.39 is 0 Å². The highest BCUT2D eigenvalue weighted by molar-refractivity contribution is 5.85. The molecule has 3 rings (SSSR count). The molecule has 1 aliphatic heterocycles. The number of hydrogen-bond acceptors (Lipinski definition) is 5. The third-order valence-corrected chi connectivity index (χ3v) is 5.12. The highest BCUT2D eigenvalue weighted by atomic mass is 35.5. The van der Waals surface area contributed by atoms with Gasteiger partial charge in [0.25, 0.3) is 0 Å². The Morgan fingerprint density at radius 2 is 2.12 bits per heavy atom. The second kappa shape index (κ2) is 7.40. The number of aromatic nitrogens is 2. The van der Waals surface area contributed by atoms with Crippen molar-refractivity contribution in [1.29, 1.82) is 0 Å². The van der Waals surface area contributed by atoms with E-state index in [-0.39, 0.29) is 35.7 Å². The molecule has 0 amide bonds. The van der Waals surface area contributed by atoms with Gasteiger partial charge in [-0.05, 0) is 37.3 Å². The van der Waals surface area contributed by atoms with Gasteiger partial charge >= 0.3 is 0 Å². The van der Waals surface area contributed by atoms with Crippen LogP contribution in [0.5, 0.6) is 0 Å². The Morgan fingerprint density at radius 1 is 1.40 bits per heavy atom. The SMILES string of the molecule is Cc1ccc(-c2noc(C(C)N3CCC(N)C(C)(C)C3)n2)cc1F.Cl. The van der Waals surface area contributed by atoms with E-state index in [1.165, 1.54) is 6.07 Å². The lowest BCUT2D eigenvalue weighted by Crippen LogP contribution is -2.52. The van der Waals surface area contributed by atoms with Gasteiger partial charge in [0, 0.05) is 24.7 Å². The molecule has 2 heterocycles. The summed E-state index contributed by atoms with van der Waals surface area (Å²) in [6, 6.07) is 5.18. The molecule has 2 aromatic rings. The lowest BCUT2D eigenvalue weighted by molar-refractivity contribution is 0.0549. The molecule has 1 saturated heterocycles. The first kappa shape index (κ1) is 19.8. The zero-order chi connectivity index (χ0) is 17.5. The molecule has 1 fully saturated rings. The molecule has 2 atom stereocenters. The number of piperidine rings is 1. The minimum Gasteiger partial charge on any atom is -0.337 e. The van der Waals surface area contributed by atoms with Crippen LogP contribution in [0.15, 0.2) is 22.7 Å². The third kappa shape index (κ3) is 4.02. The second-order valence-corrected chi connectivity index (χ2v) is 7.45. The molecule has 25 heavy (non-hydrogen) atoms. The van der Waals surface area contributed by atoms with Gasteiger partial charge < -0.3 is 10.3 Å². The quantitative estimate of drug-likeness (QED) is 0.894. The van der Waals surface area contributed by atoms with E-state index in [1.54, 1.807) is 19.1 Å². The van der Waals surface area contributed by atoms with Gasteiger partial charge in [-0.25, -0.2) is 4.39 Å². The number of nitrogens with two attached hydrogens (primary N) is 1. The first-order valence-corrected chi connectivity index (χ1v) is 8.38. The van der Waals surface area contributed by atoms with Crippen molar-refractivity contribution in [3.8, 4) is 11.4 Å². The maximum absolute atomic E-state index is 13.7. The summed E-state index contributed by atoms with van der Waals surface area (Å²) in [6.07, 6.45) is 0.946. The molecule has 2 N–H and O–H groups in total. The minimum absolute atomic E-state index is 0. The summed E-state index contributed by atoms with van der Waals surface area (Å²) in [6.45, 7) is 9.94. The summed E-state index contributed by atoms with van der Waals surface area (Å²) in [4.78, 5) is 6.79. The lowest BCUT2D eigenvalue weighted by atomic mass is 9.79. The standard InChI is InChI=1S/C18H25FN4O.ClH/c1-11-5-6-13(9-14(11)19)16-21-17(24-22-16)12(2)23-8-7-15(20)18(3,4)10-23;/h5-6,9,12,15H,7-8,10,20H2,1-4H3;1H. The van der Waals surface area contributed by atoms with E-state index in [9.17, 15) is 4.39 Å². The molecular weight excluding hydrogens is 343 g/mol. The van der Waals surface area contributed by atoms with Crippen molar-refractivity contribution in [3.63, 3.8) is 0 Å². The van der Waals surface area contributed by atoms with Crippen molar-refractivity contribution >= 4 is 12.4 Å². The predicted molar refractivity (Wildman–Crippen MR) is 98.0 cm³/mol. The molecule has 0 spiro atoms. The van der Waals surface area contributed by atoms with E-state index >= 15 is 0 Å². The van der Waals surface area contributed by atoms with Gasteiger partial charge in [-0.15, -0.1) is 12.4 Å². The first-order chi connectivity index (χ1) is 11.3. The van der Waals surface area contributed by atoms with Crippen molar-refractivity contribution in [2.45, 2.75) is 46.2 Å². The summed E-state index contributed by atoms with van der Waals surface area (Å²) < 4.78 is 19.2. The number of nitrogens with zero attached hydrogens (tertiary/aromatic N) is 3. The largest absolute Gasteiger partial charge is 0.337 e. The second-order valence-electron chi connectivity index (χ2n) is 7.45. The van der Waals surface area contributed by atoms with Crippen LogP contribution >= 0.6 is 12.4 Å². The van der Waals surface area contributed by atoms with Crippen LogP contribution in [0, 0.1) is 18.2 Å². The summed E-state index contributed by atoms with van der Waals surface area (Å²) in [5.74, 6) is 0.708. The van der Waals surface area contributed by atoms with Gasteiger partial charge in [-0.1, -0.05) is 31.1 Å². The Bertz CT molecular complexity index is 734. The van der Waals surface area contributed by atoms with Crippen LogP contribution in [0.3, 0.4) is 0 Å². The molecule has 7 heteroatoms. The Hall–Kier alpha value is -1.50. The monoisotopic (exact) mass is 368 g/mol. The Kier molecular flexibility index (Phi) is 5.86. The summed E-state index contributed by atoms with van der Waals surface area (Å²) >= 11 is 0. The molecule has 1 aromatic heterocycles. The third-order valence-electron chi connectivity index (χ3n) is 5.12. The van der Waals surface area contributed by atoms with Gasteiger partial charge in [0.2, 0.25) is 11.7 Å². The number of likely N-dealkylation sites (tertiary alicyclic amines) is 1. The molecule has 0 saturated carbocycles. The number of hydrogen-bond donors (Lipinski definition) is 1. The minimum atomic E-state index is -0.265. The fraction of sp³-hybridized carbons (Fsp3) is 0.556. The number of halogens is 2. The number of rotatable bonds is 3. The van der Waals surface area contributed by atoms with Gasteiger partial charge in [-0.3, -0.25) is 4.90 Å². The average Bonchev–Trinajstić information content (AvgIpc) is 3.02.